The summed E-state index contributed by atoms with van der Waals surface area (Å²) in [5, 5.41) is 0. The number of nitrogens with two attached hydrogens (primary N) is 1. The second-order valence-electron chi connectivity index (χ2n) is 6.15. The van der Waals surface area contributed by atoms with Crippen molar-refractivity contribution in [3.63, 3.8) is 0 Å². The molecule has 0 fully saturated rings. The first-order valence-corrected chi connectivity index (χ1v) is 8.18. The number of para-hydroxylation sites is 2. The van der Waals surface area contributed by atoms with Gasteiger partial charge in [0.25, 0.3) is 0 Å². The third-order valence-electron chi connectivity index (χ3n) is 4.84. The molecule has 112 valence electrons. The fraction of sp³-hybridized carbons (Fsp3) is 0.300. The lowest BCUT2D eigenvalue weighted by atomic mass is 9.76. The predicted octanol–water partition coefficient (Wildman–Crippen LogP) is 4.85. The minimum atomic E-state index is 0.546. The quantitative estimate of drug-likeness (QED) is 0.858. The molecule has 0 amide bonds. The van der Waals surface area contributed by atoms with E-state index in [0.717, 1.165) is 30.9 Å². The Balaban J connectivity index is 1.99. The Hall–Kier alpha value is -2.06. The Morgan fingerprint density at radius 2 is 1.64 bits per heavy atom. The van der Waals surface area contributed by atoms with Gasteiger partial charge in [0, 0.05) is 11.1 Å². The van der Waals surface area contributed by atoms with Crippen LogP contribution in [0.15, 0.2) is 48.5 Å². The molecule has 0 radical (unpaired) electrons. The van der Waals surface area contributed by atoms with Gasteiger partial charge in [-0.3, -0.25) is 0 Å². The lowest BCUT2D eigenvalue weighted by Crippen LogP contribution is -2.15. The Bertz CT molecular complexity index is 732. The van der Waals surface area contributed by atoms with Gasteiger partial charge in [0.15, 0.2) is 0 Å². The van der Waals surface area contributed by atoms with Gasteiger partial charge in [0.05, 0.1) is 0 Å². The van der Waals surface area contributed by atoms with Crippen LogP contribution in [0.25, 0.3) is 11.1 Å². The molecule has 0 spiro atoms. The first-order chi connectivity index (χ1) is 10.9. The van der Waals surface area contributed by atoms with Gasteiger partial charge < -0.3 is 10.5 Å². The van der Waals surface area contributed by atoms with Crippen LogP contribution in [-0.2, 0) is 0 Å². The zero-order valence-corrected chi connectivity index (χ0v) is 12.7. The summed E-state index contributed by atoms with van der Waals surface area (Å²) in [6.45, 7) is 0.742. The van der Waals surface area contributed by atoms with Crippen LogP contribution in [0.1, 0.15) is 36.8 Å². The molecule has 4 rings (SSSR count). The molecular formula is C20H21NO. The van der Waals surface area contributed by atoms with Crippen molar-refractivity contribution in [2.75, 3.05) is 6.54 Å². The highest BCUT2D eigenvalue weighted by atomic mass is 16.5. The Labute approximate surface area is 131 Å². The van der Waals surface area contributed by atoms with Crippen LogP contribution < -0.4 is 10.5 Å². The molecule has 0 saturated carbocycles. The van der Waals surface area contributed by atoms with Gasteiger partial charge in [0.2, 0.25) is 0 Å². The second kappa shape index (κ2) is 5.62. The minimum absolute atomic E-state index is 0.546. The summed E-state index contributed by atoms with van der Waals surface area (Å²) in [6.07, 6.45) is 4.65. The van der Waals surface area contributed by atoms with E-state index in [-0.39, 0.29) is 0 Å². The maximum atomic E-state index is 6.25. The molecule has 0 aromatic heterocycles. The van der Waals surface area contributed by atoms with Gasteiger partial charge >= 0.3 is 0 Å². The Morgan fingerprint density at radius 3 is 2.41 bits per heavy atom. The van der Waals surface area contributed by atoms with Crippen molar-refractivity contribution in [1.29, 1.82) is 0 Å². The van der Waals surface area contributed by atoms with Crippen molar-refractivity contribution < 1.29 is 4.74 Å². The van der Waals surface area contributed by atoms with Crippen molar-refractivity contribution in [3.8, 4) is 11.5 Å². The van der Waals surface area contributed by atoms with Crippen molar-refractivity contribution in [3.05, 3.63) is 59.7 Å². The summed E-state index contributed by atoms with van der Waals surface area (Å²) >= 11 is 0. The first-order valence-electron chi connectivity index (χ1n) is 8.18. The first kappa shape index (κ1) is 13.6. The zero-order valence-electron chi connectivity index (χ0n) is 12.7. The van der Waals surface area contributed by atoms with Gasteiger partial charge in [0.1, 0.15) is 11.5 Å². The van der Waals surface area contributed by atoms with Crippen molar-refractivity contribution >= 4 is 11.1 Å². The summed E-state index contributed by atoms with van der Waals surface area (Å²) in [6, 6.07) is 16.9. The van der Waals surface area contributed by atoms with E-state index in [1.54, 1.807) is 0 Å². The molecule has 2 aromatic carbocycles. The van der Waals surface area contributed by atoms with E-state index in [4.69, 9.17) is 10.5 Å². The standard InChI is InChI=1S/C20H21NO/c21-13-12-14-6-5-9-16-15-7-1-3-10-18(15)22-19-11-4-2-8-17(19)20(14)16/h1-4,7-8,10-11,14H,5-6,9,12-13,21H2. The Morgan fingerprint density at radius 1 is 0.955 bits per heavy atom. The molecule has 2 aromatic rings. The van der Waals surface area contributed by atoms with Crippen LogP contribution in [0.4, 0.5) is 0 Å². The molecular weight excluding hydrogens is 270 g/mol. The molecule has 1 aliphatic heterocycles. The van der Waals surface area contributed by atoms with E-state index >= 15 is 0 Å². The van der Waals surface area contributed by atoms with Crippen LogP contribution in [0, 0.1) is 5.92 Å². The average molecular weight is 291 g/mol. The molecule has 1 heterocycles. The van der Waals surface area contributed by atoms with E-state index in [9.17, 15) is 0 Å². The largest absolute Gasteiger partial charge is 0.456 e. The van der Waals surface area contributed by atoms with Gasteiger partial charge in [-0.25, -0.2) is 0 Å². The third kappa shape index (κ3) is 2.15. The number of fused-ring (bicyclic) bond motifs is 4. The monoisotopic (exact) mass is 291 g/mol. The number of rotatable bonds is 2. The van der Waals surface area contributed by atoms with Gasteiger partial charge in [-0.05, 0) is 61.4 Å². The fourth-order valence-corrected chi connectivity index (χ4v) is 3.90. The highest BCUT2D eigenvalue weighted by Crippen LogP contribution is 2.50. The summed E-state index contributed by atoms with van der Waals surface area (Å²) in [5.41, 5.74) is 11.3. The molecule has 0 bridgehead atoms. The average Bonchev–Trinajstić information content (AvgIpc) is 2.70. The molecule has 0 saturated heterocycles. The van der Waals surface area contributed by atoms with E-state index in [1.807, 2.05) is 12.1 Å². The van der Waals surface area contributed by atoms with Crippen molar-refractivity contribution in [1.82, 2.24) is 0 Å². The number of hydrogen-bond donors (Lipinski definition) is 1. The SMILES string of the molecule is NCCC1CCCC2=C1c1ccccc1Oc1ccccc12. The highest BCUT2D eigenvalue weighted by molar-refractivity contribution is 5.96. The Kier molecular flexibility index (Phi) is 3.47. The lowest BCUT2D eigenvalue weighted by molar-refractivity contribution is 0.480. The minimum Gasteiger partial charge on any atom is -0.456 e. The van der Waals surface area contributed by atoms with Gasteiger partial charge in [-0.2, -0.15) is 0 Å². The third-order valence-corrected chi connectivity index (χ3v) is 4.84. The molecule has 2 nitrogen and oxygen atoms in total. The number of benzene rings is 2. The van der Waals surface area contributed by atoms with E-state index in [1.165, 1.54) is 35.1 Å². The molecule has 1 aliphatic carbocycles. The van der Waals surface area contributed by atoms with E-state index < -0.39 is 0 Å². The number of hydrogen-bond acceptors (Lipinski definition) is 2. The van der Waals surface area contributed by atoms with Gasteiger partial charge in [-0.1, -0.05) is 36.4 Å². The number of ether oxygens (including phenoxy) is 1. The molecule has 22 heavy (non-hydrogen) atoms. The second-order valence-corrected chi connectivity index (χ2v) is 6.15. The smallest absolute Gasteiger partial charge is 0.134 e. The normalized spacial score (nSPS) is 19.6. The van der Waals surface area contributed by atoms with Crippen LogP contribution in [-0.4, -0.2) is 6.54 Å². The summed E-state index contributed by atoms with van der Waals surface area (Å²) in [4.78, 5) is 0. The fourth-order valence-electron chi connectivity index (χ4n) is 3.90. The lowest BCUT2D eigenvalue weighted by Gasteiger charge is -2.28. The van der Waals surface area contributed by atoms with Crippen molar-refractivity contribution in [2.24, 2.45) is 11.7 Å². The summed E-state index contributed by atoms with van der Waals surface area (Å²) in [5.74, 6) is 2.50. The van der Waals surface area contributed by atoms with Crippen LogP contribution in [0.5, 0.6) is 11.5 Å². The van der Waals surface area contributed by atoms with Crippen LogP contribution in [0.2, 0.25) is 0 Å². The molecule has 2 N–H and O–H groups in total. The molecule has 1 atom stereocenters. The highest BCUT2D eigenvalue weighted by Gasteiger charge is 2.30. The molecule has 2 aliphatic rings. The number of allylic oxidation sites excluding steroid dienone is 2. The zero-order chi connectivity index (χ0) is 14.9. The maximum absolute atomic E-state index is 6.25. The van der Waals surface area contributed by atoms with E-state index in [2.05, 4.69) is 36.4 Å². The predicted molar refractivity (Wildman–Crippen MR) is 90.8 cm³/mol. The van der Waals surface area contributed by atoms with E-state index in [0.29, 0.717) is 5.92 Å². The van der Waals surface area contributed by atoms with Crippen molar-refractivity contribution in [2.45, 2.75) is 25.7 Å². The molecule has 2 heteroatoms. The van der Waals surface area contributed by atoms with Crippen LogP contribution in [0.3, 0.4) is 0 Å². The van der Waals surface area contributed by atoms with Gasteiger partial charge in [-0.15, -0.1) is 0 Å². The maximum Gasteiger partial charge on any atom is 0.134 e. The van der Waals surface area contributed by atoms with Crippen LogP contribution >= 0.6 is 0 Å². The summed E-state index contributed by atoms with van der Waals surface area (Å²) < 4.78 is 6.25. The summed E-state index contributed by atoms with van der Waals surface area (Å²) in [7, 11) is 0. The topological polar surface area (TPSA) is 35.2 Å². The molecule has 1 unspecified atom stereocenters.